The molecule has 0 amide bonds. The van der Waals surface area contributed by atoms with Gasteiger partial charge in [0.2, 0.25) is 0 Å². The zero-order chi connectivity index (χ0) is 16.4. The first-order valence-electron chi connectivity index (χ1n) is 8.32. The molecule has 1 spiro atoms. The highest BCUT2D eigenvalue weighted by Crippen LogP contribution is 2.97. The van der Waals surface area contributed by atoms with Crippen molar-refractivity contribution in [2.45, 2.75) is 45.1 Å². The topological polar surface area (TPSA) is 26.9 Å². The van der Waals surface area contributed by atoms with Gasteiger partial charge in [0.25, 0.3) is 5.56 Å². The Hall–Kier alpha value is -1.04. The van der Waals surface area contributed by atoms with Gasteiger partial charge >= 0.3 is 0 Å². The SMILES string of the molecule is Cn1c2c(c(=O)n1Cc1ccc(I)cc1)C1CC13C(C)(C)[C@]23C. The first kappa shape index (κ1) is 14.3. The monoisotopic (exact) mass is 420 g/mol. The van der Waals surface area contributed by atoms with Crippen LogP contribution in [0.5, 0.6) is 0 Å². The molecule has 2 unspecified atom stereocenters. The molecule has 0 aliphatic heterocycles. The molecule has 4 heteroatoms. The van der Waals surface area contributed by atoms with Crippen LogP contribution in [0, 0.1) is 14.4 Å². The number of hydrogen-bond donors (Lipinski definition) is 0. The Morgan fingerprint density at radius 2 is 1.87 bits per heavy atom. The van der Waals surface area contributed by atoms with E-state index in [4.69, 9.17) is 0 Å². The van der Waals surface area contributed by atoms with Crippen LogP contribution < -0.4 is 5.56 Å². The van der Waals surface area contributed by atoms with Crippen molar-refractivity contribution >= 4 is 22.6 Å². The van der Waals surface area contributed by atoms with Crippen LogP contribution >= 0.6 is 22.6 Å². The molecule has 1 aromatic carbocycles. The van der Waals surface area contributed by atoms with E-state index in [-0.39, 0.29) is 11.0 Å². The van der Waals surface area contributed by atoms with E-state index >= 15 is 0 Å². The van der Waals surface area contributed by atoms with Gasteiger partial charge in [0, 0.05) is 21.6 Å². The molecule has 5 rings (SSSR count). The van der Waals surface area contributed by atoms with Crippen molar-refractivity contribution in [2.75, 3.05) is 0 Å². The Kier molecular flexibility index (Phi) is 2.36. The lowest BCUT2D eigenvalue weighted by atomic mass is 9.91. The predicted octanol–water partition coefficient (Wildman–Crippen LogP) is 3.62. The van der Waals surface area contributed by atoms with Gasteiger partial charge < -0.3 is 0 Å². The van der Waals surface area contributed by atoms with E-state index in [1.165, 1.54) is 21.2 Å². The molecule has 3 nitrogen and oxygen atoms in total. The average molecular weight is 420 g/mol. The predicted molar refractivity (Wildman–Crippen MR) is 98.9 cm³/mol. The van der Waals surface area contributed by atoms with Crippen molar-refractivity contribution in [3.8, 4) is 0 Å². The summed E-state index contributed by atoms with van der Waals surface area (Å²) in [6.07, 6.45) is 1.21. The third kappa shape index (κ3) is 1.27. The van der Waals surface area contributed by atoms with Gasteiger partial charge in [-0.05, 0) is 63.5 Å². The van der Waals surface area contributed by atoms with Gasteiger partial charge in [-0.1, -0.05) is 32.9 Å². The van der Waals surface area contributed by atoms with Crippen molar-refractivity contribution in [1.82, 2.24) is 9.36 Å². The molecule has 1 heterocycles. The van der Waals surface area contributed by atoms with Crippen LogP contribution in [0.3, 0.4) is 0 Å². The van der Waals surface area contributed by atoms with Crippen LogP contribution in [-0.2, 0) is 19.0 Å². The normalized spacial score (nSPS) is 34.7. The van der Waals surface area contributed by atoms with Gasteiger partial charge in [0.15, 0.2) is 0 Å². The maximum Gasteiger partial charge on any atom is 0.270 e. The lowest BCUT2D eigenvalue weighted by Crippen LogP contribution is -2.24. The maximum atomic E-state index is 13.0. The summed E-state index contributed by atoms with van der Waals surface area (Å²) in [6.45, 7) is 7.82. The van der Waals surface area contributed by atoms with Crippen LogP contribution in [0.25, 0.3) is 0 Å². The molecule has 2 saturated carbocycles. The molecule has 2 fully saturated rings. The molecule has 3 aliphatic carbocycles. The van der Waals surface area contributed by atoms with E-state index in [0.717, 1.165) is 5.56 Å². The fourth-order valence-corrected chi connectivity index (χ4v) is 6.48. The largest absolute Gasteiger partial charge is 0.289 e. The standard InChI is InChI=1S/C19H21IN2O/c1-17(2)18(3)15-14(13-9-19(13,17)18)16(23)22(21(15)4)10-11-5-7-12(20)8-6-11/h5-8,13H,9-10H2,1-4H3/t13?,18-,19?/m0/s1. The third-order valence-electron chi connectivity index (χ3n) is 7.63. The Morgan fingerprint density at radius 1 is 1.22 bits per heavy atom. The second-order valence-electron chi connectivity index (χ2n) is 8.25. The van der Waals surface area contributed by atoms with Crippen molar-refractivity contribution in [3.05, 3.63) is 55.0 Å². The van der Waals surface area contributed by atoms with Crippen LogP contribution in [0.2, 0.25) is 0 Å². The number of fused-ring (bicyclic) bond motifs is 3. The van der Waals surface area contributed by atoms with E-state index in [9.17, 15) is 4.79 Å². The maximum absolute atomic E-state index is 13.0. The summed E-state index contributed by atoms with van der Waals surface area (Å²) in [5.41, 5.74) is 4.78. The molecule has 3 aliphatic rings. The third-order valence-corrected chi connectivity index (χ3v) is 8.35. The summed E-state index contributed by atoms with van der Waals surface area (Å²) >= 11 is 2.31. The van der Waals surface area contributed by atoms with Gasteiger partial charge in [0.05, 0.1) is 12.2 Å². The first-order valence-corrected chi connectivity index (χ1v) is 9.40. The summed E-state index contributed by atoms with van der Waals surface area (Å²) in [5, 5.41) is 0. The Morgan fingerprint density at radius 3 is 2.52 bits per heavy atom. The molecule has 0 bridgehead atoms. The van der Waals surface area contributed by atoms with Crippen LogP contribution in [0.15, 0.2) is 29.1 Å². The number of aromatic nitrogens is 2. The van der Waals surface area contributed by atoms with Gasteiger partial charge in [-0.2, -0.15) is 0 Å². The van der Waals surface area contributed by atoms with E-state index in [1.54, 1.807) is 0 Å². The number of hydrogen-bond acceptors (Lipinski definition) is 1. The number of benzene rings is 1. The van der Waals surface area contributed by atoms with Gasteiger partial charge in [-0.25, -0.2) is 4.68 Å². The Labute approximate surface area is 149 Å². The van der Waals surface area contributed by atoms with Crippen molar-refractivity contribution in [3.63, 3.8) is 0 Å². The van der Waals surface area contributed by atoms with Crippen molar-refractivity contribution < 1.29 is 0 Å². The highest BCUT2D eigenvalue weighted by Gasteiger charge is 2.95. The molecule has 2 aromatic rings. The van der Waals surface area contributed by atoms with Crippen LogP contribution in [0.4, 0.5) is 0 Å². The van der Waals surface area contributed by atoms with E-state index in [0.29, 0.717) is 23.3 Å². The highest BCUT2D eigenvalue weighted by atomic mass is 127. The van der Waals surface area contributed by atoms with E-state index in [2.05, 4.69) is 79.4 Å². The second kappa shape index (κ2) is 3.79. The molecule has 1 aromatic heterocycles. The zero-order valence-corrected chi connectivity index (χ0v) is 16.1. The summed E-state index contributed by atoms with van der Waals surface area (Å²) in [5.74, 6) is 0.508. The lowest BCUT2D eigenvalue weighted by molar-refractivity contribution is 0.454. The fourth-order valence-electron chi connectivity index (χ4n) is 6.12. The van der Waals surface area contributed by atoms with Crippen molar-refractivity contribution in [1.29, 1.82) is 0 Å². The summed E-state index contributed by atoms with van der Waals surface area (Å²) < 4.78 is 5.33. The molecule has 0 radical (unpaired) electrons. The molecule has 120 valence electrons. The smallest absolute Gasteiger partial charge is 0.270 e. The van der Waals surface area contributed by atoms with Crippen molar-refractivity contribution in [2.24, 2.45) is 17.9 Å². The van der Waals surface area contributed by atoms with Crippen LogP contribution in [0.1, 0.15) is 49.9 Å². The van der Waals surface area contributed by atoms with Crippen LogP contribution in [-0.4, -0.2) is 9.36 Å². The first-order chi connectivity index (χ1) is 10.8. The minimum Gasteiger partial charge on any atom is -0.289 e. The quantitative estimate of drug-likeness (QED) is 0.682. The average Bonchev–Trinajstić information content (AvgIpc) is 3.26. The van der Waals surface area contributed by atoms with Gasteiger partial charge in [0.1, 0.15) is 0 Å². The summed E-state index contributed by atoms with van der Waals surface area (Å²) in [4.78, 5) is 13.0. The lowest BCUT2D eigenvalue weighted by Gasteiger charge is -2.18. The Balaban J connectivity index is 1.64. The molecule has 23 heavy (non-hydrogen) atoms. The van der Waals surface area contributed by atoms with Gasteiger partial charge in [-0.15, -0.1) is 0 Å². The molecule has 0 N–H and O–H groups in total. The number of halogens is 1. The minimum absolute atomic E-state index is 0.186. The van der Waals surface area contributed by atoms with E-state index < -0.39 is 0 Å². The molecule has 0 saturated heterocycles. The van der Waals surface area contributed by atoms with E-state index in [1.807, 2.05) is 4.68 Å². The fraction of sp³-hybridized carbons (Fsp3) is 0.526. The zero-order valence-electron chi connectivity index (χ0n) is 14.0. The number of rotatable bonds is 2. The summed E-state index contributed by atoms with van der Waals surface area (Å²) in [7, 11) is 2.07. The highest BCUT2D eigenvalue weighted by molar-refractivity contribution is 14.1. The second-order valence-corrected chi connectivity index (χ2v) is 9.50. The van der Waals surface area contributed by atoms with Gasteiger partial charge in [-0.3, -0.25) is 9.48 Å². The molecular weight excluding hydrogens is 399 g/mol. The Bertz CT molecular complexity index is 920. The molecular formula is C19H21IN2O. The number of nitrogens with zero attached hydrogens (tertiary/aromatic N) is 2. The summed E-state index contributed by atoms with van der Waals surface area (Å²) in [6, 6.07) is 8.45. The molecule has 3 atom stereocenters. The minimum atomic E-state index is 0.186.